The van der Waals surface area contributed by atoms with Crippen molar-refractivity contribution in [2.45, 2.75) is 5.92 Å². The van der Waals surface area contributed by atoms with Crippen molar-refractivity contribution in [2.75, 3.05) is 4.90 Å². The minimum atomic E-state index is -0.858. The second kappa shape index (κ2) is 8.25. The number of amides is 2. The van der Waals surface area contributed by atoms with Gasteiger partial charge in [-0.15, -0.1) is 0 Å². The van der Waals surface area contributed by atoms with Crippen LogP contribution in [0.25, 0.3) is 16.3 Å². The van der Waals surface area contributed by atoms with Crippen molar-refractivity contribution in [3.8, 4) is 5.75 Å². The van der Waals surface area contributed by atoms with E-state index < -0.39 is 23.7 Å². The zero-order valence-corrected chi connectivity index (χ0v) is 21.1. The van der Waals surface area contributed by atoms with Crippen molar-refractivity contribution < 1.29 is 19.1 Å². The van der Waals surface area contributed by atoms with Crippen LogP contribution in [0.5, 0.6) is 5.75 Å². The molecule has 2 heterocycles. The molecular formula is C31H20BrNO4. The van der Waals surface area contributed by atoms with E-state index in [-0.39, 0.29) is 17.7 Å². The van der Waals surface area contributed by atoms with Crippen molar-refractivity contribution in [2.24, 2.45) is 17.8 Å². The number of rotatable bonds is 2. The second-order valence-electron chi connectivity index (χ2n) is 9.66. The van der Waals surface area contributed by atoms with Gasteiger partial charge in [0.05, 0.1) is 23.4 Å². The summed E-state index contributed by atoms with van der Waals surface area (Å²) in [6.07, 6.45) is 2.02. The molecule has 3 aliphatic rings. The molecule has 2 amide bonds. The SMILES string of the molecule is O=C1Oc2c(ccc3ccccc23)C2=C[C@H](c3ccccc3)[C@@H]3C(=O)N(c4cccc(Br)c4)C(=O)[C@@H]3[C@@H]12. The molecule has 0 unspecified atom stereocenters. The summed E-state index contributed by atoms with van der Waals surface area (Å²) in [4.78, 5) is 42.8. The lowest BCUT2D eigenvalue weighted by Crippen LogP contribution is -2.42. The topological polar surface area (TPSA) is 63.7 Å². The number of ether oxygens (including phenoxy) is 1. The normalized spacial score (nSPS) is 24.3. The number of benzene rings is 4. The number of fused-ring (bicyclic) bond motifs is 7. The highest BCUT2D eigenvalue weighted by molar-refractivity contribution is 9.10. The largest absolute Gasteiger partial charge is 0.425 e. The van der Waals surface area contributed by atoms with Crippen LogP contribution in [0, 0.1) is 17.8 Å². The quantitative estimate of drug-likeness (QED) is 0.171. The fraction of sp³-hybridized carbons (Fsp3) is 0.129. The molecule has 4 aromatic carbocycles. The average Bonchev–Trinajstić information content (AvgIpc) is 3.18. The summed E-state index contributed by atoms with van der Waals surface area (Å²) in [6, 6.07) is 28.6. The summed E-state index contributed by atoms with van der Waals surface area (Å²) in [6.45, 7) is 0. The lowest BCUT2D eigenvalue weighted by atomic mass is 9.64. The number of hydrogen-bond acceptors (Lipinski definition) is 4. The summed E-state index contributed by atoms with van der Waals surface area (Å²) in [7, 11) is 0. The molecular weight excluding hydrogens is 530 g/mol. The molecule has 1 saturated heterocycles. The van der Waals surface area contributed by atoms with Gasteiger partial charge in [-0.2, -0.15) is 0 Å². The summed E-state index contributed by atoms with van der Waals surface area (Å²) in [5, 5.41) is 1.81. The second-order valence-corrected chi connectivity index (χ2v) is 10.6. The van der Waals surface area contributed by atoms with Gasteiger partial charge in [-0.3, -0.25) is 14.4 Å². The van der Waals surface area contributed by atoms with Crippen LogP contribution in [-0.2, 0) is 14.4 Å². The fourth-order valence-corrected chi connectivity index (χ4v) is 6.55. The van der Waals surface area contributed by atoms with Crippen LogP contribution >= 0.6 is 15.9 Å². The number of carbonyl (C=O) groups is 3. The van der Waals surface area contributed by atoms with Crippen molar-refractivity contribution >= 4 is 55.7 Å². The van der Waals surface area contributed by atoms with E-state index in [1.54, 1.807) is 18.2 Å². The summed E-state index contributed by atoms with van der Waals surface area (Å²) >= 11 is 3.44. The number of allylic oxidation sites excluding steroid dienone is 1. The van der Waals surface area contributed by atoms with Crippen LogP contribution in [-0.4, -0.2) is 17.8 Å². The first-order valence-electron chi connectivity index (χ1n) is 12.2. The first-order chi connectivity index (χ1) is 18.0. The van der Waals surface area contributed by atoms with Crippen molar-refractivity contribution in [3.63, 3.8) is 0 Å². The van der Waals surface area contributed by atoms with Gasteiger partial charge < -0.3 is 4.74 Å². The predicted molar refractivity (Wildman–Crippen MR) is 144 cm³/mol. The average molecular weight is 550 g/mol. The van der Waals surface area contributed by atoms with E-state index in [0.29, 0.717) is 11.4 Å². The lowest BCUT2D eigenvalue weighted by Gasteiger charge is -2.38. The molecule has 7 rings (SSSR count). The monoisotopic (exact) mass is 549 g/mol. The van der Waals surface area contributed by atoms with Crippen molar-refractivity contribution in [1.29, 1.82) is 0 Å². The maximum absolute atomic E-state index is 14.0. The molecule has 1 fully saturated rings. The maximum Gasteiger partial charge on any atom is 0.319 e. The van der Waals surface area contributed by atoms with E-state index >= 15 is 0 Å². The van der Waals surface area contributed by atoms with E-state index in [4.69, 9.17) is 4.74 Å². The molecule has 4 aromatic rings. The summed E-state index contributed by atoms with van der Waals surface area (Å²) in [5.74, 6) is -3.44. The predicted octanol–water partition coefficient (Wildman–Crippen LogP) is 6.12. The van der Waals surface area contributed by atoms with Crippen LogP contribution in [0.4, 0.5) is 5.69 Å². The van der Waals surface area contributed by atoms with Gasteiger partial charge in [0, 0.05) is 21.3 Å². The molecule has 0 saturated carbocycles. The number of esters is 1. The first-order valence-corrected chi connectivity index (χ1v) is 13.0. The van der Waals surface area contributed by atoms with Gasteiger partial charge in [-0.1, -0.05) is 94.8 Å². The zero-order chi connectivity index (χ0) is 25.3. The Bertz CT molecular complexity index is 1660. The number of nitrogens with zero attached hydrogens (tertiary/aromatic N) is 1. The first kappa shape index (κ1) is 22.2. The third-order valence-corrected chi connectivity index (χ3v) is 8.23. The molecule has 0 N–H and O–H groups in total. The fourth-order valence-electron chi connectivity index (χ4n) is 6.16. The minimum absolute atomic E-state index is 0.297. The van der Waals surface area contributed by atoms with Gasteiger partial charge in [0.1, 0.15) is 5.75 Å². The number of carbonyl (C=O) groups excluding carboxylic acids is 3. The molecule has 6 heteroatoms. The van der Waals surface area contributed by atoms with E-state index in [2.05, 4.69) is 15.9 Å². The lowest BCUT2D eigenvalue weighted by molar-refractivity contribution is -0.142. The Labute approximate surface area is 221 Å². The Morgan fingerprint density at radius 1 is 0.757 bits per heavy atom. The Balaban J connectivity index is 1.45. The van der Waals surface area contributed by atoms with Gasteiger partial charge in [0.25, 0.3) is 0 Å². The molecule has 0 aromatic heterocycles. The number of halogens is 1. The van der Waals surface area contributed by atoms with Crippen LogP contribution in [0.1, 0.15) is 17.0 Å². The van der Waals surface area contributed by atoms with E-state index in [9.17, 15) is 14.4 Å². The molecule has 5 nitrogen and oxygen atoms in total. The van der Waals surface area contributed by atoms with Gasteiger partial charge in [-0.25, -0.2) is 4.90 Å². The molecule has 180 valence electrons. The molecule has 0 bridgehead atoms. The Morgan fingerprint density at radius 2 is 1.51 bits per heavy atom. The van der Waals surface area contributed by atoms with Crippen molar-refractivity contribution in [3.05, 3.63) is 113 Å². The Hall–Kier alpha value is -4.03. The third kappa shape index (κ3) is 3.25. The summed E-state index contributed by atoms with van der Waals surface area (Å²) < 4.78 is 6.70. The van der Waals surface area contributed by atoms with Crippen LogP contribution in [0.15, 0.2) is 102 Å². The van der Waals surface area contributed by atoms with Crippen LogP contribution < -0.4 is 9.64 Å². The zero-order valence-electron chi connectivity index (χ0n) is 19.5. The van der Waals surface area contributed by atoms with E-state index in [0.717, 1.165) is 31.9 Å². The van der Waals surface area contributed by atoms with Crippen LogP contribution in [0.3, 0.4) is 0 Å². The molecule has 0 spiro atoms. The van der Waals surface area contributed by atoms with Gasteiger partial charge in [-0.05, 0) is 34.7 Å². The molecule has 1 aliphatic carbocycles. The number of hydrogen-bond donors (Lipinski definition) is 0. The van der Waals surface area contributed by atoms with E-state index in [1.165, 1.54) is 4.90 Å². The standard InChI is InChI=1S/C31H20BrNO4/c32-19-10-6-11-20(15-19)33-29(34)25-23(17-7-2-1-3-8-17)16-24-22-14-13-18-9-4-5-12-21(18)28(22)37-31(36)26(24)27(25)30(33)35/h1-16,23,25-27H/t23-,25+,26+,27+/m1/s1. The number of anilines is 1. The number of imide groups is 1. The highest BCUT2D eigenvalue weighted by atomic mass is 79.9. The highest BCUT2D eigenvalue weighted by Gasteiger charge is 2.60. The summed E-state index contributed by atoms with van der Waals surface area (Å²) in [5.41, 5.74) is 2.97. The molecule has 37 heavy (non-hydrogen) atoms. The van der Waals surface area contributed by atoms with Gasteiger partial charge in [0.15, 0.2) is 0 Å². The van der Waals surface area contributed by atoms with Crippen molar-refractivity contribution in [1.82, 2.24) is 0 Å². The Morgan fingerprint density at radius 3 is 2.32 bits per heavy atom. The Kier molecular flexibility index (Phi) is 4.95. The van der Waals surface area contributed by atoms with Crippen LogP contribution in [0.2, 0.25) is 0 Å². The maximum atomic E-state index is 14.0. The molecule has 2 aliphatic heterocycles. The molecule has 4 atom stereocenters. The van der Waals surface area contributed by atoms with Gasteiger partial charge >= 0.3 is 5.97 Å². The minimum Gasteiger partial charge on any atom is -0.425 e. The van der Waals surface area contributed by atoms with E-state index in [1.807, 2.05) is 78.9 Å². The highest BCUT2D eigenvalue weighted by Crippen LogP contribution is 2.55. The van der Waals surface area contributed by atoms with Gasteiger partial charge in [0.2, 0.25) is 11.8 Å². The third-order valence-electron chi connectivity index (χ3n) is 7.74. The molecule has 0 radical (unpaired) electrons. The smallest absolute Gasteiger partial charge is 0.319 e.